The van der Waals surface area contributed by atoms with Crippen LogP contribution in [0, 0.1) is 5.92 Å². The fourth-order valence-corrected chi connectivity index (χ4v) is 2.80. The van der Waals surface area contributed by atoms with E-state index in [-0.39, 0.29) is 5.91 Å². The monoisotopic (exact) mass is 279 g/mol. The van der Waals surface area contributed by atoms with Gasteiger partial charge in [0, 0.05) is 13.6 Å². The molecule has 2 rings (SSSR count). The first-order valence-corrected chi connectivity index (χ1v) is 7.38. The van der Waals surface area contributed by atoms with E-state index < -0.39 is 0 Å². The molecule has 2 N–H and O–H groups in total. The van der Waals surface area contributed by atoms with Gasteiger partial charge in [-0.15, -0.1) is 0 Å². The Morgan fingerprint density at radius 2 is 2.45 bits per heavy atom. The van der Waals surface area contributed by atoms with Gasteiger partial charge in [-0.05, 0) is 50.4 Å². The molecular weight excluding hydrogens is 254 g/mol. The Morgan fingerprint density at radius 1 is 1.60 bits per heavy atom. The number of likely N-dealkylation sites (N-methyl/N-ethyl adjacent to an activating group) is 1. The lowest BCUT2D eigenvalue weighted by Gasteiger charge is -2.33. The molecule has 2 heterocycles. The number of amides is 1. The number of furan rings is 1. The van der Waals surface area contributed by atoms with Gasteiger partial charge in [-0.2, -0.15) is 0 Å². The molecule has 1 aromatic rings. The van der Waals surface area contributed by atoms with E-state index in [1.807, 2.05) is 19.2 Å². The van der Waals surface area contributed by atoms with E-state index in [9.17, 15) is 4.79 Å². The molecule has 0 spiro atoms. The average Bonchev–Trinajstić information content (AvgIpc) is 2.92. The molecule has 1 aromatic heterocycles. The molecule has 1 aliphatic rings. The van der Waals surface area contributed by atoms with E-state index in [4.69, 9.17) is 10.2 Å². The van der Waals surface area contributed by atoms with Crippen molar-refractivity contribution in [2.75, 3.05) is 33.2 Å². The molecule has 1 fully saturated rings. The first-order chi connectivity index (χ1) is 9.69. The molecule has 5 nitrogen and oxygen atoms in total. The van der Waals surface area contributed by atoms with Gasteiger partial charge < -0.3 is 15.1 Å². The SMILES string of the molecule is CN(Cc1ccco1)C(=O)CN1CCCC(CCN)C1. The van der Waals surface area contributed by atoms with Crippen LogP contribution in [0.3, 0.4) is 0 Å². The van der Waals surface area contributed by atoms with Crippen molar-refractivity contribution in [2.45, 2.75) is 25.8 Å². The van der Waals surface area contributed by atoms with Gasteiger partial charge >= 0.3 is 0 Å². The first kappa shape index (κ1) is 15.1. The molecule has 112 valence electrons. The second-order valence-electron chi connectivity index (χ2n) is 5.65. The number of carbonyl (C=O) groups is 1. The molecular formula is C15H25N3O2. The molecule has 1 amide bonds. The first-order valence-electron chi connectivity index (χ1n) is 7.38. The Hall–Kier alpha value is -1.33. The summed E-state index contributed by atoms with van der Waals surface area (Å²) in [5, 5.41) is 0. The smallest absolute Gasteiger partial charge is 0.236 e. The fraction of sp³-hybridized carbons (Fsp3) is 0.667. The van der Waals surface area contributed by atoms with Gasteiger partial charge in [0.05, 0.1) is 19.4 Å². The Kier molecular flexibility index (Phi) is 5.61. The lowest BCUT2D eigenvalue weighted by molar-refractivity contribution is -0.132. The number of hydrogen-bond acceptors (Lipinski definition) is 4. The van der Waals surface area contributed by atoms with Gasteiger partial charge in [0.15, 0.2) is 0 Å². The number of rotatable bonds is 6. The summed E-state index contributed by atoms with van der Waals surface area (Å²) >= 11 is 0. The number of nitrogens with zero attached hydrogens (tertiary/aromatic N) is 2. The molecule has 1 aliphatic heterocycles. The molecule has 0 radical (unpaired) electrons. The zero-order valence-corrected chi connectivity index (χ0v) is 12.3. The van der Waals surface area contributed by atoms with Gasteiger partial charge in [0.2, 0.25) is 5.91 Å². The molecule has 1 atom stereocenters. The summed E-state index contributed by atoms with van der Waals surface area (Å²) in [5.74, 6) is 1.62. The molecule has 0 saturated carbocycles. The molecule has 0 aliphatic carbocycles. The number of nitrogens with two attached hydrogens (primary N) is 1. The minimum absolute atomic E-state index is 0.148. The van der Waals surface area contributed by atoms with Crippen LogP contribution >= 0.6 is 0 Å². The fourth-order valence-electron chi connectivity index (χ4n) is 2.80. The van der Waals surface area contributed by atoms with Crippen LogP contribution in [0.25, 0.3) is 0 Å². The summed E-state index contributed by atoms with van der Waals surface area (Å²) in [6.07, 6.45) is 5.10. The van der Waals surface area contributed by atoms with Crippen LogP contribution in [-0.2, 0) is 11.3 Å². The largest absolute Gasteiger partial charge is 0.467 e. The van der Waals surface area contributed by atoms with Gasteiger partial charge in [-0.3, -0.25) is 9.69 Å². The minimum Gasteiger partial charge on any atom is -0.467 e. The molecule has 20 heavy (non-hydrogen) atoms. The topological polar surface area (TPSA) is 62.7 Å². The Morgan fingerprint density at radius 3 is 3.15 bits per heavy atom. The highest BCUT2D eigenvalue weighted by atomic mass is 16.3. The molecule has 0 aromatic carbocycles. The third-order valence-electron chi connectivity index (χ3n) is 3.94. The number of hydrogen-bond donors (Lipinski definition) is 1. The second-order valence-corrected chi connectivity index (χ2v) is 5.65. The van der Waals surface area contributed by atoms with Crippen molar-refractivity contribution in [1.29, 1.82) is 0 Å². The van der Waals surface area contributed by atoms with Crippen LogP contribution in [0.15, 0.2) is 22.8 Å². The van der Waals surface area contributed by atoms with Crippen LogP contribution in [0.4, 0.5) is 0 Å². The maximum atomic E-state index is 12.2. The molecule has 1 unspecified atom stereocenters. The van der Waals surface area contributed by atoms with Crippen LogP contribution in [-0.4, -0.2) is 48.9 Å². The standard InChI is InChI=1S/C15H25N3O2/c1-17(11-14-5-3-9-20-14)15(19)12-18-8-2-4-13(10-18)6-7-16/h3,5,9,13H,2,4,6-8,10-12,16H2,1H3. The quantitative estimate of drug-likeness (QED) is 0.852. The van der Waals surface area contributed by atoms with Crippen molar-refractivity contribution in [3.05, 3.63) is 24.2 Å². The maximum Gasteiger partial charge on any atom is 0.236 e. The predicted molar refractivity (Wildman–Crippen MR) is 78.0 cm³/mol. The summed E-state index contributed by atoms with van der Waals surface area (Å²) in [5.41, 5.74) is 5.63. The Bertz CT molecular complexity index is 403. The highest BCUT2D eigenvalue weighted by Crippen LogP contribution is 2.18. The average molecular weight is 279 g/mol. The van der Waals surface area contributed by atoms with Crippen LogP contribution < -0.4 is 5.73 Å². The lowest BCUT2D eigenvalue weighted by atomic mass is 9.95. The van der Waals surface area contributed by atoms with E-state index in [0.717, 1.165) is 31.8 Å². The molecule has 1 saturated heterocycles. The summed E-state index contributed by atoms with van der Waals surface area (Å²) < 4.78 is 5.27. The molecule has 0 bridgehead atoms. The predicted octanol–water partition coefficient (Wildman–Crippen LogP) is 1.30. The highest BCUT2D eigenvalue weighted by molar-refractivity contribution is 5.77. The number of carbonyl (C=O) groups excluding carboxylic acids is 1. The van der Waals surface area contributed by atoms with Crippen molar-refractivity contribution in [3.8, 4) is 0 Å². The summed E-state index contributed by atoms with van der Waals surface area (Å²) in [6.45, 7) is 3.79. The van der Waals surface area contributed by atoms with Crippen LogP contribution in [0.5, 0.6) is 0 Å². The zero-order chi connectivity index (χ0) is 14.4. The third kappa shape index (κ3) is 4.35. The Balaban J connectivity index is 1.78. The Labute approximate surface area is 120 Å². The summed E-state index contributed by atoms with van der Waals surface area (Å²) in [4.78, 5) is 16.2. The van der Waals surface area contributed by atoms with Gasteiger partial charge in [-0.25, -0.2) is 0 Å². The van der Waals surface area contributed by atoms with Crippen LogP contribution in [0.1, 0.15) is 25.0 Å². The number of piperidine rings is 1. The van der Waals surface area contributed by atoms with E-state index in [1.54, 1.807) is 11.2 Å². The highest BCUT2D eigenvalue weighted by Gasteiger charge is 2.22. The van der Waals surface area contributed by atoms with Crippen LogP contribution in [0.2, 0.25) is 0 Å². The minimum atomic E-state index is 0.148. The number of likely N-dealkylation sites (tertiary alicyclic amines) is 1. The lowest BCUT2D eigenvalue weighted by Crippen LogP contribution is -2.43. The van der Waals surface area contributed by atoms with E-state index in [1.165, 1.54) is 12.8 Å². The second kappa shape index (κ2) is 7.45. The van der Waals surface area contributed by atoms with Crippen molar-refractivity contribution in [3.63, 3.8) is 0 Å². The van der Waals surface area contributed by atoms with E-state index in [2.05, 4.69) is 4.90 Å². The zero-order valence-electron chi connectivity index (χ0n) is 12.3. The van der Waals surface area contributed by atoms with Crippen molar-refractivity contribution in [1.82, 2.24) is 9.80 Å². The third-order valence-corrected chi connectivity index (χ3v) is 3.94. The summed E-state index contributed by atoms with van der Waals surface area (Å²) in [6, 6.07) is 3.73. The summed E-state index contributed by atoms with van der Waals surface area (Å²) in [7, 11) is 1.83. The van der Waals surface area contributed by atoms with Gasteiger partial charge in [0.1, 0.15) is 5.76 Å². The van der Waals surface area contributed by atoms with Gasteiger partial charge in [0.25, 0.3) is 0 Å². The van der Waals surface area contributed by atoms with E-state index >= 15 is 0 Å². The molecule has 5 heteroatoms. The van der Waals surface area contributed by atoms with Crippen molar-refractivity contribution in [2.24, 2.45) is 11.7 Å². The van der Waals surface area contributed by atoms with Crippen molar-refractivity contribution < 1.29 is 9.21 Å². The van der Waals surface area contributed by atoms with Crippen molar-refractivity contribution >= 4 is 5.91 Å². The van der Waals surface area contributed by atoms with E-state index in [0.29, 0.717) is 19.0 Å². The van der Waals surface area contributed by atoms with Gasteiger partial charge in [-0.1, -0.05) is 0 Å². The maximum absolute atomic E-state index is 12.2. The normalized spacial score (nSPS) is 20.0.